The second-order valence-corrected chi connectivity index (χ2v) is 5.20. The lowest BCUT2D eigenvalue weighted by atomic mass is 10.2. The first-order valence-corrected chi connectivity index (χ1v) is 7.10. The Kier molecular flexibility index (Phi) is 5.01. The van der Waals surface area contributed by atoms with Crippen LogP contribution >= 0.6 is 11.8 Å². The number of thioether (sulfide) groups is 1. The topological polar surface area (TPSA) is 59.1 Å². The van der Waals surface area contributed by atoms with E-state index in [9.17, 15) is 4.39 Å². The van der Waals surface area contributed by atoms with Crippen molar-refractivity contribution in [2.75, 3.05) is 12.4 Å². The van der Waals surface area contributed by atoms with Gasteiger partial charge in [0.05, 0.1) is 6.61 Å². The zero-order valence-electron chi connectivity index (χ0n) is 10.8. The molecule has 0 aliphatic rings. The van der Waals surface area contributed by atoms with Crippen LogP contribution in [0.2, 0.25) is 0 Å². The van der Waals surface area contributed by atoms with Gasteiger partial charge in [-0.2, -0.15) is 0 Å². The number of ether oxygens (including phenoxy) is 1. The number of hydrogen-bond donors (Lipinski definition) is 2. The summed E-state index contributed by atoms with van der Waals surface area (Å²) >= 11 is 1.42. The van der Waals surface area contributed by atoms with Crippen LogP contribution in [0.1, 0.15) is 5.56 Å². The Hall–Kier alpha value is -2.01. The quantitative estimate of drug-likeness (QED) is 0.371. The molecule has 2 aromatic rings. The second-order valence-electron chi connectivity index (χ2n) is 4.07. The van der Waals surface area contributed by atoms with Crippen molar-refractivity contribution >= 4 is 17.6 Å². The van der Waals surface area contributed by atoms with Crippen LogP contribution in [0.5, 0.6) is 5.75 Å². The molecule has 0 saturated carbocycles. The average Bonchev–Trinajstić information content (AvgIpc) is 2.46. The van der Waals surface area contributed by atoms with Crippen molar-refractivity contribution in [3.8, 4) is 5.75 Å². The largest absolute Gasteiger partial charge is 0.493 e. The van der Waals surface area contributed by atoms with Gasteiger partial charge in [0.2, 0.25) is 0 Å². The van der Waals surface area contributed by atoms with Gasteiger partial charge in [-0.3, -0.25) is 5.41 Å². The molecular formula is C15H15FN2OS. The van der Waals surface area contributed by atoms with Crippen molar-refractivity contribution in [2.45, 2.75) is 4.90 Å². The van der Waals surface area contributed by atoms with Crippen LogP contribution in [0, 0.1) is 11.2 Å². The monoisotopic (exact) mass is 290 g/mol. The fourth-order valence-electron chi connectivity index (χ4n) is 1.60. The summed E-state index contributed by atoms with van der Waals surface area (Å²) in [6.45, 7) is 0.485. The van der Waals surface area contributed by atoms with Gasteiger partial charge in [0.1, 0.15) is 17.4 Å². The van der Waals surface area contributed by atoms with E-state index in [1.54, 1.807) is 36.4 Å². The lowest BCUT2D eigenvalue weighted by molar-refractivity contribution is 0.344. The molecule has 0 amide bonds. The summed E-state index contributed by atoms with van der Waals surface area (Å²) in [6.07, 6.45) is 0. The van der Waals surface area contributed by atoms with Gasteiger partial charge in [-0.1, -0.05) is 12.1 Å². The van der Waals surface area contributed by atoms with E-state index >= 15 is 0 Å². The number of hydrogen-bond acceptors (Lipinski definition) is 3. The van der Waals surface area contributed by atoms with E-state index in [0.717, 1.165) is 0 Å². The van der Waals surface area contributed by atoms with Crippen LogP contribution in [-0.2, 0) is 0 Å². The highest BCUT2D eigenvalue weighted by atomic mass is 32.2. The van der Waals surface area contributed by atoms with E-state index in [4.69, 9.17) is 15.9 Å². The van der Waals surface area contributed by atoms with Gasteiger partial charge in [0.25, 0.3) is 0 Å². The lowest BCUT2D eigenvalue weighted by Gasteiger charge is -2.07. The van der Waals surface area contributed by atoms with E-state index in [1.807, 2.05) is 6.07 Å². The molecule has 104 valence electrons. The number of rotatable bonds is 6. The molecule has 0 atom stereocenters. The third-order valence-electron chi connectivity index (χ3n) is 2.61. The fourth-order valence-corrected chi connectivity index (χ4v) is 2.37. The second kappa shape index (κ2) is 6.96. The molecule has 3 nitrogen and oxygen atoms in total. The van der Waals surface area contributed by atoms with Gasteiger partial charge in [-0.25, -0.2) is 4.39 Å². The molecule has 0 saturated heterocycles. The summed E-state index contributed by atoms with van der Waals surface area (Å²) in [6, 6.07) is 13.7. The number of nitrogen functional groups attached to an aromatic ring is 1. The first-order valence-electron chi connectivity index (χ1n) is 6.11. The maximum atomic E-state index is 13.4. The Labute approximate surface area is 121 Å². The Balaban J connectivity index is 1.79. The van der Waals surface area contributed by atoms with Gasteiger partial charge in [0, 0.05) is 16.2 Å². The molecule has 0 aromatic heterocycles. The van der Waals surface area contributed by atoms with Crippen molar-refractivity contribution in [1.82, 2.24) is 0 Å². The van der Waals surface area contributed by atoms with Crippen LogP contribution in [-0.4, -0.2) is 18.2 Å². The average molecular weight is 290 g/mol. The molecule has 5 heteroatoms. The normalized spacial score (nSPS) is 10.2. The molecule has 0 aliphatic heterocycles. The van der Waals surface area contributed by atoms with Gasteiger partial charge in [-0.05, 0) is 36.4 Å². The summed E-state index contributed by atoms with van der Waals surface area (Å²) in [7, 11) is 0. The first kappa shape index (κ1) is 14.4. The van der Waals surface area contributed by atoms with E-state index in [1.165, 1.54) is 17.8 Å². The molecule has 0 unspecified atom stereocenters. The highest BCUT2D eigenvalue weighted by Gasteiger charge is 2.01. The zero-order chi connectivity index (χ0) is 14.4. The summed E-state index contributed by atoms with van der Waals surface area (Å²) in [5, 5.41) is 7.29. The Morgan fingerprint density at radius 1 is 1.15 bits per heavy atom. The Morgan fingerprint density at radius 3 is 2.50 bits per heavy atom. The van der Waals surface area contributed by atoms with E-state index < -0.39 is 0 Å². The highest BCUT2D eigenvalue weighted by molar-refractivity contribution is 7.99. The van der Waals surface area contributed by atoms with Gasteiger partial charge >= 0.3 is 0 Å². The van der Waals surface area contributed by atoms with Crippen LogP contribution < -0.4 is 10.5 Å². The van der Waals surface area contributed by atoms with Crippen molar-refractivity contribution in [3.05, 3.63) is 59.9 Å². The van der Waals surface area contributed by atoms with Crippen molar-refractivity contribution in [2.24, 2.45) is 5.73 Å². The molecule has 0 spiro atoms. The molecule has 0 aliphatic carbocycles. The Bertz CT molecular complexity index is 587. The first-order chi connectivity index (χ1) is 9.66. The van der Waals surface area contributed by atoms with Crippen LogP contribution in [0.15, 0.2) is 53.4 Å². The SMILES string of the molecule is N=C(N)c1ccc(OCCSc2ccccc2F)cc1. The molecule has 0 heterocycles. The number of nitrogens with one attached hydrogen (secondary N) is 1. The highest BCUT2D eigenvalue weighted by Crippen LogP contribution is 2.21. The van der Waals surface area contributed by atoms with E-state index in [-0.39, 0.29) is 11.7 Å². The maximum Gasteiger partial charge on any atom is 0.136 e. The number of benzene rings is 2. The van der Waals surface area contributed by atoms with Crippen molar-refractivity contribution in [1.29, 1.82) is 5.41 Å². The molecule has 2 rings (SSSR count). The minimum absolute atomic E-state index is 0.0339. The van der Waals surface area contributed by atoms with E-state index in [0.29, 0.717) is 28.6 Å². The van der Waals surface area contributed by atoms with Gasteiger partial charge in [0.15, 0.2) is 0 Å². The lowest BCUT2D eigenvalue weighted by Crippen LogP contribution is -2.10. The minimum atomic E-state index is -0.205. The van der Waals surface area contributed by atoms with Gasteiger partial charge in [-0.15, -0.1) is 11.8 Å². The molecule has 20 heavy (non-hydrogen) atoms. The third kappa shape index (κ3) is 3.99. The van der Waals surface area contributed by atoms with Crippen LogP contribution in [0.25, 0.3) is 0 Å². The molecular weight excluding hydrogens is 275 g/mol. The zero-order valence-corrected chi connectivity index (χ0v) is 11.6. The number of halogens is 1. The minimum Gasteiger partial charge on any atom is -0.493 e. The maximum absolute atomic E-state index is 13.4. The third-order valence-corrected chi connectivity index (χ3v) is 3.62. The van der Waals surface area contributed by atoms with Crippen LogP contribution in [0.4, 0.5) is 4.39 Å². The summed E-state index contributed by atoms with van der Waals surface area (Å²) in [5.74, 6) is 1.20. The molecule has 0 bridgehead atoms. The van der Waals surface area contributed by atoms with Crippen molar-refractivity contribution in [3.63, 3.8) is 0 Å². The smallest absolute Gasteiger partial charge is 0.136 e. The standard InChI is InChI=1S/C15H15FN2OS/c16-13-3-1-2-4-14(13)20-10-9-19-12-7-5-11(6-8-12)15(17)18/h1-8H,9-10H2,(H3,17,18). The molecule has 3 N–H and O–H groups in total. The summed E-state index contributed by atoms with van der Waals surface area (Å²) in [4.78, 5) is 0.628. The molecule has 2 aromatic carbocycles. The predicted octanol–water partition coefficient (Wildman–Crippen LogP) is 3.28. The molecule has 0 radical (unpaired) electrons. The summed E-state index contributed by atoms with van der Waals surface area (Å²) < 4.78 is 18.9. The Morgan fingerprint density at radius 2 is 1.85 bits per heavy atom. The predicted molar refractivity (Wildman–Crippen MR) is 80.1 cm³/mol. The number of amidine groups is 1. The summed E-state index contributed by atoms with van der Waals surface area (Å²) in [5.41, 5.74) is 6.03. The van der Waals surface area contributed by atoms with E-state index in [2.05, 4.69) is 0 Å². The molecule has 0 fully saturated rings. The van der Waals surface area contributed by atoms with Gasteiger partial charge < -0.3 is 10.5 Å². The van der Waals surface area contributed by atoms with Crippen LogP contribution in [0.3, 0.4) is 0 Å². The fraction of sp³-hybridized carbons (Fsp3) is 0.133. The van der Waals surface area contributed by atoms with Crippen molar-refractivity contribution < 1.29 is 9.13 Å². The number of nitrogens with two attached hydrogens (primary N) is 1.